The van der Waals surface area contributed by atoms with Crippen LogP contribution in [0.5, 0.6) is 11.5 Å². The van der Waals surface area contributed by atoms with Gasteiger partial charge in [0.15, 0.2) is 11.5 Å². The predicted octanol–water partition coefficient (Wildman–Crippen LogP) is 1.21. The van der Waals surface area contributed by atoms with Gasteiger partial charge in [-0.2, -0.15) is 0 Å². The Morgan fingerprint density at radius 3 is 2.56 bits per heavy atom. The van der Waals surface area contributed by atoms with Crippen molar-refractivity contribution in [3.8, 4) is 11.5 Å². The molecule has 0 aromatic carbocycles. The third-order valence-electron chi connectivity index (χ3n) is 2.23. The summed E-state index contributed by atoms with van der Waals surface area (Å²) in [5, 5.41) is 0. The van der Waals surface area contributed by atoms with Crippen molar-refractivity contribution in [3.05, 3.63) is 12.4 Å². The third kappa shape index (κ3) is 2.48. The molecule has 0 saturated carbocycles. The summed E-state index contributed by atoms with van der Waals surface area (Å²) in [5.41, 5.74) is 0. The van der Waals surface area contributed by atoms with Crippen molar-refractivity contribution in [2.45, 2.75) is 19.9 Å². The molecule has 0 bridgehead atoms. The van der Waals surface area contributed by atoms with Gasteiger partial charge in [0.1, 0.15) is 6.54 Å². The van der Waals surface area contributed by atoms with Crippen LogP contribution in [0.3, 0.4) is 0 Å². The zero-order valence-electron chi connectivity index (χ0n) is 9.27. The Morgan fingerprint density at radius 1 is 1.38 bits per heavy atom. The molecule has 0 amide bonds. The zero-order valence-corrected chi connectivity index (χ0v) is 9.27. The molecule has 16 heavy (non-hydrogen) atoms. The molecule has 2 heterocycles. The number of ether oxygens (including phenoxy) is 3. The monoisotopic (exact) mass is 225 g/mol. The van der Waals surface area contributed by atoms with Crippen LogP contribution in [0.2, 0.25) is 0 Å². The van der Waals surface area contributed by atoms with Gasteiger partial charge in [-0.05, 0) is 6.92 Å². The van der Waals surface area contributed by atoms with E-state index in [-0.39, 0.29) is 12.5 Å². The Kier molecular flexibility index (Phi) is 3.34. The van der Waals surface area contributed by atoms with E-state index in [4.69, 9.17) is 14.2 Å². The molecule has 5 heteroatoms. The molecular formula is C11H15NO4. The molecule has 2 rings (SSSR count). The Labute approximate surface area is 93.9 Å². The highest BCUT2D eigenvalue weighted by Gasteiger charge is 2.14. The van der Waals surface area contributed by atoms with Crippen LogP contribution in [0.1, 0.15) is 13.3 Å². The highest BCUT2D eigenvalue weighted by atomic mass is 16.5. The van der Waals surface area contributed by atoms with Crippen molar-refractivity contribution < 1.29 is 19.0 Å². The van der Waals surface area contributed by atoms with Gasteiger partial charge in [0.2, 0.25) is 0 Å². The lowest BCUT2D eigenvalue weighted by Crippen LogP contribution is -2.12. The molecule has 0 spiro atoms. The average Bonchev–Trinajstić information content (AvgIpc) is 2.48. The first-order chi connectivity index (χ1) is 7.79. The molecule has 1 aromatic rings. The first-order valence-electron chi connectivity index (χ1n) is 5.40. The smallest absolute Gasteiger partial charge is 0.325 e. The van der Waals surface area contributed by atoms with Crippen LogP contribution in [-0.2, 0) is 16.1 Å². The highest BCUT2D eigenvalue weighted by Crippen LogP contribution is 2.30. The van der Waals surface area contributed by atoms with Gasteiger partial charge < -0.3 is 18.8 Å². The molecule has 1 aliphatic rings. The lowest BCUT2D eigenvalue weighted by molar-refractivity contribution is -0.143. The van der Waals surface area contributed by atoms with E-state index >= 15 is 0 Å². The van der Waals surface area contributed by atoms with E-state index in [0.717, 1.165) is 6.42 Å². The lowest BCUT2D eigenvalue weighted by atomic mass is 10.5. The fourth-order valence-corrected chi connectivity index (χ4v) is 1.55. The van der Waals surface area contributed by atoms with Crippen LogP contribution in [-0.4, -0.2) is 30.4 Å². The second kappa shape index (κ2) is 4.92. The van der Waals surface area contributed by atoms with Crippen LogP contribution in [0.25, 0.3) is 0 Å². The number of rotatable bonds is 3. The van der Waals surface area contributed by atoms with Gasteiger partial charge in [-0.3, -0.25) is 4.79 Å². The molecule has 0 radical (unpaired) electrons. The van der Waals surface area contributed by atoms with Crippen LogP contribution in [0, 0.1) is 0 Å². The number of carbonyl (C=O) groups excluding carboxylic acids is 1. The molecule has 0 N–H and O–H groups in total. The van der Waals surface area contributed by atoms with E-state index in [9.17, 15) is 4.79 Å². The van der Waals surface area contributed by atoms with Gasteiger partial charge in [-0.25, -0.2) is 0 Å². The number of hydrogen-bond donors (Lipinski definition) is 0. The van der Waals surface area contributed by atoms with E-state index in [1.54, 1.807) is 23.9 Å². The number of nitrogens with zero attached hydrogens (tertiary/aromatic N) is 1. The number of hydrogen-bond acceptors (Lipinski definition) is 4. The fraction of sp³-hybridized carbons (Fsp3) is 0.545. The van der Waals surface area contributed by atoms with Crippen molar-refractivity contribution in [3.63, 3.8) is 0 Å². The normalized spacial score (nSPS) is 14.3. The quantitative estimate of drug-likeness (QED) is 0.725. The van der Waals surface area contributed by atoms with Crippen molar-refractivity contribution in [2.24, 2.45) is 0 Å². The van der Waals surface area contributed by atoms with Gasteiger partial charge in [0.25, 0.3) is 0 Å². The van der Waals surface area contributed by atoms with Crippen molar-refractivity contribution in [1.82, 2.24) is 4.57 Å². The minimum absolute atomic E-state index is 0.188. The van der Waals surface area contributed by atoms with E-state index < -0.39 is 0 Å². The predicted molar refractivity (Wildman–Crippen MR) is 56.7 cm³/mol. The van der Waals surface area contributed by atoms with E-state index in [1.807, 2.05) is 0 Å². The average molecular weight is 225 g/mol. The number of fused-ring (bicyclic) bond motifs is 1. The largest absolute Gasteiger partial charge is 0.488 e. The maximum Gasteiger partial charge on any atom is 0.325 e. The molecule has 0 saturated heterocycles. The highest BCUT2D eigenvalue weighted by molar-refractivity contribution is 5.69. The SMILES string of the molecule is CCOC(=O)Cn1cc2c(c1)OCCCO2. The van der Waals surface area contributed by atoms with Gasteiger partial charge in [-0.15, -0.1) is 0 Å². The lowest BCUT2D eigenvalue weighted by Gasteiger charge is -2.02. The summed E-state index contributed by atoms with van der Waals surface area (Å²) in [6.45, 7) is 3.67. The summed E-state index contributed by atoms with van der Waals surface area (Å²) in [5.74, 6) is 1.14. The second-order valence-electron chi connectivity index (χ2n) is 3.51. The molecule has 1 aliphatic heterocycles. The minimum atomic E-state index is -0.257. The molecule has 0 aliphatic carbocycles. The Bertz CT molecular complexity index is 349. The van der Waals surface area contributed by atoms with E-state index in [0.29, 0.717) is 31.3 Å². The van der Waals surface area contributed by atoms with E-state index in [2.05, 4.69) is 0 Å². The maximum absolute atomic E-state index is 11.3. The molecule has 88 valence electrons. The number of carbonyl (C=O) groups is 1. The van der Waals surface area contributed by atoms with Crippen LogP contribution in [0.4, 0.5) is 0 Å². The maximum atomic E-state index is 11.3. The minimum Gasteiger partial charge on any atom is -0.488 e. The Balaban J connectivity index is 2.03. The van der Waals surface area contributed by atoms with Crippen LogP contribution < -0.4 is 9.47 Å². The first kappa shape index (κ1) is 10.9. The topological polar surface area (TPSA) is 49.7 Å². The molecule has 0 atom stereocenters. The van der Waals surface area contributed by atoms with Gasteiger partial charge in [0, 0.05) is 6.42 Å². The summed E-state index contributed by atoms with van der Waals surface area (Å²) in [6.07, 6.45) is 4.40. The van der Waals surface area contributed by atoms with Gasteiger partial charge in [0.05, 0.1) is 32.2 Å². The standard InChI is InChI=1S/C11H15NO4/c1-2-14-11(13)8-12-6-9-10(7-12)16-5-3-4-15-9/h6-7H,2-5,8H2,1H3. The van der Waals surface area contributed by atoms with Crippen LogP contribution >= 0.6 is 0 Å². The molecule has 1 aromatic heterocycles. The van der Waals surface area contributed by atoms with Gasteiger partial charge >= 0.3 is 5.97 Å². The molecule has 0 unspecified atom stereocenters. The summed E-state index contributed by atoms with van der Waals surface area (Å²) in [7, 11) is 0. The molecular weight excluding hydrogens is 210 g/mol. The number of aromatic nitrogens is 1. The number of esters is 1. The Morgan fingerprint density at radius 2 is 2.00 bits per heavy atom. The van der Waals surface area contributed by atoms with Crippen molar-refractivity contribution in [2.75, 3.05) is 19.8 Å². The summed E-state index contributed by atoms with van der Waals surface area (Å²) in [4.78, 5) is 11.3. The molecule has 0 fully saturated rings. The second-order valence-corrected chi connectivity index (χ2v) is 3.51. The summed E-state index contributed by atoms with van der Waals surface area (Å²) < 4.78 is 17.5. The van der Waals surface area contributed by atoms with Gasteiger partial charge in [-0.1, -0.05) is 0 Å². The molecule has 5 nitrogen and oxygen atoms in total. The van der Waals surface area contributed by atoms with Crippen molar-refractivity contribution >= 4 is 5.97 Å². The van der Waals surface area contributed by atoms with Crippen LogP contribution in [0.15, 0.2) is 12.4 Å². The first-order valence-corrected chi connectivity index (χ1v) is 5.40. The third-order valence-corrected chi connectivity index (χ3v) is 2.23. The van der Waals surface area contributed by atoms with E-state index in [1.165, 1.54) is 0 Å². The summed E-state index contributed by atoms with van der Waals surface area (Å²) >= 11 is 0. The zero-order chi connectivity index (χ0) is 11.4. The van der Waals surface area contributed by atoms with Crippen molar-refractivity contribution in [1.29, 1.82) is 0 Å². The summed E-state index contributed by atoms with van der Waals surface area (Å²) in [6, 6.07) is 0. The Hall–Kier alpha value is -1.65. The fourth-order valence-electron chi connectivity index (χ4n) is 1.55.